The first-order valence-corrected chi connectivity index (χ1v) is 6.27. The zero-order valence-electron chi connectivity index (χ0n) is 10.4. The molecule has 1 aliphatic heterocycles. The first-order chi connectivity index (χ1) is 9.04. The van der Waals surface area contributed by atoms with Gasteiger partial charge in [0.1, 0.15) is 18.7 Å². The third-order valence-corrected chi connectivity index (χ3v) is 3.61. The third kappa shape index (κ3) is 1.82. The first-order valence-electron chi connectivity index (χ1n) is 5.89. The molecule has 4 nitrogen and oxygen atoms in total. The van der Waals surface area contributed by atoms with Crippen LogP contribution in [0.4, 0.5) is 0 Å². The van der Waals surface area contributed by atoms with Crippen molar-refractivity contribution in [3.63, 3.8) is 0 Å². The molecule has 3 N–H and O–H groups in total. The minimum Gasteiger partial charge on any atom is -0.455 e. The van der Waals surface area contributed by atoms with E-state index in [4.69, 9.17) is 22.1 Å². The fourth-order valence-electron chi connectivity index (χ4n) is 2.36. The minimum atomic E-state index is -1.03. The van der Waals surface area contributed by atoms with Crippen LogP contribution in [0.2, 0.25) is 5.15 Å². The molecule has 0 aliphatic carbocycles. The standard InChI is InChI=1S/C13H12BClN2O2/c14-7-1-2-10-8(3-7)13(16,6-18)9-4-12(15)17-5-11(9)19-10/h1-5,18H,6,14,16H2. The Hall–Kier alpha value is -1.56. The molecule has 0 spiro atoms. The van der Waals surface area contributed by atoms with Crippen LogP contribution in [-0.4, -0.2) is 24.5 Å². The van der Waals surface area contributed by atoms with Crippen LogP contribution in [0.3, 0.4) is 0 Å². The van der Waals surface area contributed by atoms with Crippen LogP contribution < -0.4 is 15.9 Å². The Morgan fingerprint density at radius 1 is 1.32 bits per heavy atom. The van der Waals surface area contributed by atoms with Gasteiger partial charge in [0.25, 0.3) is 0 Å². The third-order valence-electron chi connectivity index (χ3n) is 3.40. The fourth-order valence-corrected chi connectivity index (χ4v) is 2.52. The molecule has 0 radical (unpaired) electrons. The topological polar surface area (TPSA) is 68.4 Å². The first kappa shape index (κ1) is 12.5. The number of pyridine rings is 1. The lowest BCUT2D eigenvalue weighted by Gasteiger charge is -2.35. The average Bonchev–Trinajstić information content (AvgIpc) is 2.41. The number of hydrogen-bond acceptors (Lipinski definition) is 4. The molecule has 1 atom stereocenters. The Morgan fingerprint density at radius 3 is 2.79 bits per heavy atom. The van der Waals surface area contributed by atoms with Crippen molar-refractivity contribution in [3.05, 3.63) is 46.7 Å². The summed E-state index contributed by atoms with van der Waals surface area (Å²) in [7, 11) is 1.97. The van der Waals surface area contributed by atoms with E-state index >= 15 is 0 Å². The quantitative estimate of drug-likeness (QED) is 0.579. The van der Waals surface area contributed by atoms with Crippen LogP contribution in [0.1, 0.15) is 11.1 Å². The predicted molar refractivity (Wildman–Crippen MR) is 76.0 cm³/mol. The highest BCUT2D eigenvalue weighted by Crippen LogP contribution is 2.44. The zero-order chi connectivity index (χ0) is 13.6. The number of fused-ring (bicyclic) bond motifs is 2. The molecule has 3 rings (SSSR count). The van der Waals surface area contributed by atoms with E-state index in [2.05, 4.69) is 4.98 Å². The molecule has 19 heavy (non-hydrogen) atoms. The van der Waals surface area contributed by atoms with Gasteiger partial charge in [-0.15, -0.1) is 0 Å². The molecule has 1 aromatic carbocycles. The van der Waals surface area contributed by atoms with Crippen molar-refractivity contribution in [3.8, 4) is 11.5 Å². The maximum Gasteiger partial charge on any atom is 0.151 e. The molecule has 1 aromatic heterocycles. The van der Waals surface area contributed by atoms with Crippen molar-refractivity contribution in [1.82, 2.24) is 4.98 Å². The predicted octanol–water partition coefficient (Wildman–Crippen LogP) is 0.294. The van der Waals surface area contributed by atoms with Gasteiger partial charge < -0.3 is 15.6 Å². The summed E-state index contributed by atoms with van der Waals surface area (Å²) in [6.07, 6.45) is 1.53. The number of hydrogen-bond donors (Lipinski definition) is 2. The molecule has 6 heteroatoms. The number of aliphatic hydroxyl groups is 1. The number of rotatable bonds is 1. The Balaban J connectivity index is 2.29. The summed E-state index contributed by atoms with van der Waals surface area (Å²) >= 11 is 5.92. The van der Waals surface area contributed by atoms with E-state index in [1.165, 1.54) is 6.20 Å². The van der Waals surface area contributed by atoms with Crippen molar-refractivity contribution in [2.45, 2.75) is 5.54 Å². The molecule has 96 valence electrons. The molecule has 0 fully saturated rings. The van der Waals surface area contributed by atoms with Gasteiger partial charge in [-0.3, -0.25) is 0 Å². The summed E-state index contributed by atoms with van der Waals surface area (Å²) in [5.41, 5.74) is 7.83. The van der Waals surface area contributed by atoms with Gasteiger partial charge in [-0.25, -0.2) is 4.98 Å². The van der Waals surface area contributed by atoms with E-state index in [-0.39, 0.29) is 6.61 Å². The summed E-state index contributed by atoms with van der Waals surface area (Å²) < 4.78 is 5.77. The number of nitrogens with two attached hydrogens (primary N) is 1. The van der Waals surface area contributed by atoms with E-state index in [0.717, 1.165) is 11.0 Å². The van der Waals surface area contributed by atoms with Gasteiger partial charge >= 0.3 is 0 Å². The van der Waals surface area contributed by atoms with Gasteiger partial charge in [-0.05, 0) is 12.1 Å². The molecule has 0 bridgehead atoms. The maximum atomic E-state index is 9.78. The van der Waals surface area contributed by atoms with E-state index in [9.17, 15) is 5.11 Å². The zero-order valence-corrected chi connectivity index (χ0v) is 11.1. The smallest absolute Gasteiger partial charge is 0.151 e. The largest absolute Gasteiger partial charge is 0.455 e. The fraction of sp³-hybridized carbons (Fsp3) is 0.154. The van der Waals surface area contributed by atoms with Crippen LogP contribution in [0.25, 0.3) is 0 Å². The molecule has 1 aliphatic rings. The highest BCUT2D eigenvalue weighted by atomic mass is 35.5. The second kappa shape index (κ2) is 4.23. The second-order valence-electron chi connectivity index (χ2n) is 4.73. The molecule has 0 saturated carbocycles. The summed E-state index contributed by atoms with van der Waals surface area (Å²) in [4.78, 5) is 3.99. The van der Waals surface area contributed by atoms with E-state index in [1.54, 1.807) is 6.07 Å². The number of nitrogens with zero attached hydrogens (tertiary/aromatic N) is 1. The van der Waals surface area contributed by atoms with Gasteiger partial charge in [-0.1, -0.05) is 29.2 Å². The molecule has 0 saturated heterocycles. The van der Waals surface area contributed by atoms with Crippen LogP contribution in [-0.2, 0) is 5.54 Å². The van der Waals surface area contributed by atoms with Crippen molar-refractivity contribution in [2.75, 3.05) is 6.61 Å². The molecule has 2 heterocycles. The van der Waals surface area contributed by atoms with Crippen molar-refractivity contribution in [1.29, 1.82) is 0 Å². The second-order valence-corrected chi connectivity index (χ2v) is 5.12. The van der Waals surface area contributed by atoms with Crippen molar-refractivity contribution in [2.24, 2.45) is 5.73 Å². The Bertz CT molecular complexity index is 612. The Morgan fingerprint density at radius 2 is 2.05 bits per heavy atom. The van der Waals surface area contributed by atoms with E-state index in [0.29, 0.717) is 22.2 Å². The SMILES string of the molecule is Bc1ccc2c(c1)C(N)(CO)c1cc(Cl)ncc1O2. The Kier molecular flexibility index (Phi) is 2.78. The van der Waals surface area contributed by atoms with E-state index < -0.39 is 5.54 Å². The summed E-state index contributed by atoms with van der Waals surface area (Å²) in [5, 5.41) is 10.1. The van der Waals surface area contributed by atoms with Crippen LogP contribution in [0.5, 0.6) is 11.5 Å². The summed E-state index contributed by atoms with van der Waals surface area (Å²) in [6.45, 7) is -0.236. The molecule has 0 amide bonds. The molecule has 2 aromatic rings. The van der Waals surface area contributed by atoms with Crippen molar-refractivity contribution >= 4 is 24.9 Å². The monoisotopic (exact) mass is 274 g/mol. The van der Waals surface area contributed by atoms with Gasteiger partial charge in [0, 0.05) is 11.1 Å². The maximum absolute atomic E-state index is 9.78. The number of aromatic nitrogens is 1. The number of ether oxygens (including phenoxy) is 1. The van der Waals surface area contributed by atoms with Crippen LogP contribution in [0, 0.1) is 0 Å². The lowest BCUT2D eigenvalue weighted by molar-refractivity contribution is 0.212. The van der Waals surface area contributed by atoms with Gasteiger partial charge in [0.2, 0.25) is 0 Å². The van der Waals surface area contributed by atoms with Gasteiger partial charge in [0.15, 0.2) is 5.75 Å². The lowest BCUT2D eigenvalue weighted by Crippen LogP contribution is -2.44. The molecular formula is C13H12BClN2O2. The van der Waals surface area contributed by atoms with Gasteiger partial charge in [-0.2, -0.15) is 0 Å². The molecular weight excluding hydrogens is 262 g/mol. The highest BCUT2D eigenvalue weighted by molar-refractivity contribution is 6.32. The summed E-state index contributed by atoms with van der Waals surface area (Å²) in [5.74, 6) is 1.16. The van der Waals surface area contributed by atoms with Crippen LogP contribution in [0.15, 0.2) is 30.5 Å². The number of aliphatic hydroxyl groups excluding tert-OH is 1. The lowest BCUT2D eigenvalue weighted by atomic mass is 9.79. The minimum absolute atomic E-state index is 0.236. The Labute approximate surface area is 116 Å². The summed E-state index contributed by atoms with van der Waals surface area (Å²) in [6, 6.07) is 7.34. The normalized spacial score (nSPS) is 20.4. The van der Waals surface area contributed by atoms with Gasteiger partial charge in [0.05, 0.1) is 18.3 Å². The average molecular weight is 275 g/mol. The van der Waals surface area contributed by atoms with Crippen molar-refractivity contribution < 1.29 is 9.84 Å². The van der Waals surface area contributed by atoms with Crippen LogP contribution >= 0.6 is 11.6 Å². The number of benzene rings is 1. The van der Waals surface area contributed by atoms with E-state index in [1.807, 2.05) is 26.0 Å². The molecule has 1 unspecified atom stereocenters. The number of halogens is 1. The highest BCUT2D eigenvalue weighted by Gasteiger charge is 2.39.